The second-order valence-corrected chi connectivity index (χ2v) is 10.6. The van der Waals surface area contributed by atoms with Crippen molar-refractivity contribution in [2.45, 2.75) is 13.5 Å². The van der Waals surface area contributed by atoms with Crippen LogP contribution in [0.4, 0.5) is 11.4 Å². The third-order valence-electron chi connectivity index (χ3n) is 6.29. The molecule has 2 aliphatic heterocycles. The average Bonchev–Trinajstić information content (AvgIpc) is 3.49. The highest BCUT2D eigenvalue weighted by Gasteiger charge is 2.38. The molecular weight excluding hydrogens is 526 g/mol. The first kappa shape index (κ1) is 26.5. The summed E-state index contributed by atoms with van der Waals surface area (Å²) in [6, 6.07) is 25.3. The fourth-order valence-corrected chi connectivity index (χ4v) is 6.51. The van der Waals surface area contributed by atoms with Crippen LogP contribution in [-0.4, -0.2) is 41.6 Å². The van der Waals surface area contributed by atoms with Crippen molar-refractivity contribution in [3.8, 4) is 11.8 Å². The van der Waals surface area contributed by atoms with Gasteiger partial charge in [0.2, 0.25) is 0 Å². The second-order valence-electron chi connectivity index (χ2n) is 8.79. The van der Waals surface area contributed by atoms with Gasteiger partial charge in [-0.05, 0) is 72.3 Å². The van der Waals surface area contributed by atoms with Crippen LogP contribution in [0.1, 0.15) is 23.6 Å². The summed E-state index contributed by atoms with van der Waals surface area (Å²) in [6.45, 7) is 3.11. The summed E-state index contributed by atoms with van der Waals surface area (Å²) >= 11 is 2.90. The molecule has 3 aromatic carbocycles. The van der Waals surface area contributed by atoms with Crippen LogP contribution >= 0.6 is 23.5 Å². The van der Waals surface area contributed by atoms with Gasteiger partial charge in [-0.3, -0.25) is 9.69 Å². The van der Waals surface area contributed by atoms with Crippen LogP contribution in [0.5, 0.6) is 5.75 Å². The molecule has 0 atom stereocenters. The average molecular weight is 554 g/mol. The summed E-state index contributed by atoms with van der Waals surface area (Å²) in [5.74, 6) is 0.699. The lowest BCUT2D eigenvalue weighted by atomic mass is 10.1. The van der Waals surface area contributed by atoms with Crippen LogP contribution in [0.15, 0.2) is 93.1 Å². The predicted octanol–water partition coefficient (Wildman–Crippen LogP) is 6.61. The minimum atomic E-state index is -0.0947. The standard InChI is InChI=1S/C30H27N5O2S2/c1-4-32-24-15-10-21(17-31)16-25(24)33-30-35(18-20-8-6-5-7-9-20)28(36)27(39-30)29-34(2)26(19-38-29)22-11-13-23(37-3)14-12-22/h5-16,19,32H,4,18H2,1-3H3/b29-27-,33-30+. The Bertz CT molecular complexity index is 1530. The molecule has 3 aromatic rings. The number of aliphatic imine (C=N–C) groups is 1. The number of amides is 1. The number of nitrogens with one attached hydrogen (secondary N) is 1. The smallest absolute Gasteiger partial charge is 0.269 e. The summed E-state index contributed by atoms with van der Waals surface area (Å²) in [5.41, 5.74) is 5.00. The van der Waals surface area contributed by atoms with E-state index in [-0.39, 0.29) is 5.91 Å². The lowest BCUT2D eigenvalue weighted by Gasteiger charge is -2.19. The molecule has 39 heavy (non-hydrogen) atoms. The fraction of sp³-hybridized carbons (Fsp3) is 0.167. The van der Waals surface area contributed by atoms with Crippen LogP contribution in [0, 0.1) is 11.3 Å². The van der Waals surface area contributed by atoms with E-state index < -0.39 is 0 Å². The van der Waals surface area contributed by atoms with Crippen molar-refractivity contribution < 1.29 is 9.53 Å². The molecule has 1 amide bonds. The van der Waals surface area contributed by atoms with E-state index in [9.17, 15) is 10.1 Å². The molecule has 2 heterocycles. The van der Waals surface area contributed by atoms with Gasteiger partial charge in [0, 0.05) is 19.0 Å². The lowest BCUT2D eigenvalue weighted by Crippen LogP contribution is -2.29. The van der Waals surface area contributed by atoms with Gasteiger partial charge in [0.1, 0.15) is 10.7 Å². The summed E-state index contributed by atoms with van der Waals surface area (Å²) in [5, 5.41) is 16.3. The number of rotatable bonds is 7. The van der Waals surface area contributed by atoms with Gasteiger partial charge in [-0.1, -0.05) is 42.1 Å². The first-order valence-corrected chi connectivity index (χ1v) is 14.1. The zero-order valence-corrected chi connectivity index (χ0v) is 23.5. The molecule has 9 heteroatoms. The third kappa shape index (κ3) is 5.53. The molecule has 2 aliphatic rings. The van der Waals surface area contributed by atoms with Gasteiger partial charge in [0.15, 0.2) is 5.17 Å². The topological polar surface area (TPSA) is 81.0 Å². The Labute approximate surface area is 236 Å². The van der Waals surface area contributed by atoms with Crippen molar-refractivity contribution in [1.29, 1.82) is 5.26 Å². The monoisotopic (exact) mass is 553 g/mol. The zero-order chi connectivity index (χ0) is 27.4. The minimum Gasteiger partial charge on any atom is -0.497 e. The maximum absolute atomic E-state index is 13.9. The molecule has 0 radical (unpaired) electrons. The number of thioether (sulfide) groups is 2. The van der Waals surface area contributed by atoms with Crippen LogP contribution in [0.25, 0.3) is 5.70 Å². The highest BCUT2D eigenvalue weighted by molar-refractivity contribution is 8.19. The number of anilines is 1. The Balaban J connectivity index is 1.53. The van der Waals surface area contributed by atoms with Gasteiger partial charge in [0.05, 0.1) is 47.4 Å². The molecule has 0 aromatic heterocycles. The van der Waals surface area contributed by atoms with Crippen molar-refractivity contribution in [2.24, 2.45) is 4.99 Å². The zero-order valence-electron chi connectivity index (χ0n) is 21.8. The highest BCUT2D eigenvalue weighted by Crippen LogP contribution is 2.46. The largest absolute Gasteiger partial charge is 0.497 e. The SMILES string of the molecule is CCNc1ccc(C#N)cc1/N=C1/S/C(=C2\SC=C(c3ccc(OC)cc3)N2C)C(=O)N1Cc1ccccc1. The van der Waals surface area contributed by atoms with Crippen LogP contribution in [-0.2, 0) is 11.3 Å². The van der Waals surface area contributed by atoms with Crippen LogP contribution in [0.3, 0.4) is 0 Å². The molecule has 1 N–H and O–H groups in total. The van der Waals surface area contributed by atoms with E-state index in [0.717, 1.165) is 33.3 Å². The molecule has 0 spiro atoms. The number of hydrogen-bond acceptors (Lipinski definition) is 8. The van der Waals surface area contributed by atoms with E-state index >= 15 is 0 Å². The molecular formula is C30H27N5O2S2. The molecule has 1 fully saturated rings. The van der Waals surface area contributed by atoms with E-state index in [1.165, 1.54) is 23.5 Å². The molecule has 196 valence electrons. The van der Waals surface area contributed by atoms with Gasteiger partial charge in [-0.15, -0.1) is 0 Å². The first-order chi connectivity index (χ1) is 19.0. The molecule has 0 saturated carbocycles. The van der Waals surface area contributed by atoms with E-state index in [2.05, 4.69) is 21.7 Å². The molecule has 5 rings (SSSR count). The fourth-order valence-electron chi connectivity index (χ4n) is 4.27. The Morgan fingerprint density at radius 3 is 2.54 bits per heavy atom. The summed E-state index contributed by atoms with van der Waals surface area (Å²) in [6.07, 6.45) is 0. The minimum absolute atomic E-state index is 0.0947. The second kappa shape index (κ2) is 11.7. The predicted molar refractivity (Wildman–Crippen MR) is 160 cm³/mol. The van der Waals surface area contributed by atoms with Crippen LogP contribution < -0.4 is 10.1 Å². The van der Waals surface area contributed by atoms with E-state index in [1.807, 2.05) is 74.6 Å². The van der Waals surface area contributed by atoms with Crippen molar-refractivity contribution >= 4 is 51.7 Å². The Kier molecular flexibility index (Phi) is 7.96. The number of benzene rings is 3. The van der Waals surface area contributed by atoms with Gasteiger partial charge >= 0.3 is 0 Å². The van der Waals surface area contributed by atoms with E-state index in [1.54, 1.807) is 24.1 Å². The summed E-state index contributed by atoms with van der Waals surface area (Å²) < 4.78 is 5.30. The Morgan fingerprint density at radius 2 is 1.85 bits per heavy atom. The maximum Gasteiger partial charge on any atom is 0.269 e. The van der Waals surface area contributed by atoms with E-state index in [4.69, 9.17) is 9.73 Å². The van der Waals surface area contributed by atoms with Crippen molar-refractivity contribution in [2.75, 3.05) is 26.0 Å². The van der Waals surface area contributed by atoms with Gasteiger partial charge in [-0.25, -0.2) is 4.99 Å². The van der Waals surface area contributed by atoms with Crippen molar-refractivity contribution in [3.05, 3.63) is 105 Å². The summed E-state index contributed by atoms with van der Waals surface area (Å²) in [7, 11) is 3.62. The summed E-state index contributed by atoms with van der Waals surface area (Å²) in [4.78, 5) is 23.3. The van der Waals surface area contributed by atoms with Crippen LogP contribution in [0.2, 0.25) is 0 Å². The van der Waals surface area contributed by atoms with Crippen molar-refractivity contribution in [1.82, 2.24) is 9.80 Å². The molecule has 7 nitrogen and oxygen atoms in total. The van der Waals surface area contributed by atoms with Crippen molar-refractivity contribution in [3.63, 3.8) is 0 Å². The van der Waals surface area contributed by atoms with Gasteiger partial charge < -0.3 is 15.0 Å². The van der Waals surface area contributed by atoms with Gasteiger partial charge in [0.25, 0.3) is 5.91 Å². The molecule has 0 aliphatic carbocycles. The number of nitriles is 1. The highest BCUT2D eigenvalue weighted by atomic mass is 32.2. The number of hydrogen-bond donors (Lipinski definition) is 1. The molecule has 0 bridgehead atoms. The number of amidine groups is 1. The number of methoxy groups -OCH3 is 1. The first-order valence-electron chi connectivity index (χ1n) is 12.4. The van der Waals surface area contributed by atoms with E-state index in [0.29, 0.717) is 34.4 Å². The number of carbonyl (C=O) groups is 1. The lowest BCUT2D eigenvalue weighted by molar-refractivity contribution is -0.122. The number of ether oxygens (including phenoxy) is 1. The Morgan fingerprint density at radius 1 is 1.08 bits per heavy atom. The maximum atomic E-state index is 13.9. The molecule has 1 saturated heterocycles. The quantitative estimate of drug-likeness (QED) is 0.330. The normalized spacial score (nSPS) is 17.9. The number of nitrogens with zero attached hydrogens (tertiary/aromatic N) is 4. The van der Waals surface area contributed by atoms with Gasteiger partial charge in [-0.2, -0.15) is 5.26 Å². The Hall–Kier alpha value is -4.13. The molecule has 0 unspecified atom stereocenters. The number of carbonyl (C=O) groups excluding carboxylic acids is 1. The third-order valence-corrected chi connectivity index (χ3v) is 8.52.